The summed E-state index contributed by atoms with van der Waals surface area (Å²) >= 11 is 6.36. The van der Waals surface area contributed by atoms with E-state index in [0.717, 1.165) is 5.56 Å². The van der Waals surface area contributed by atoms with E-state index in [0.29, 0.717) is 27.4 Å². The Kier molecular flexibility index (Phi) is 4.38. The molecule has 0 bridgehead atoms. The number of aromatic nitrogens is 2. The van der Waals surface area contributed by atoms with Crippen LogP contribution in [0.1, 0.15) is 11.4 Å². The van der Waals surface area contributed by atoms with Gasteiger partial charge in [0.05, 0.1) is 21.6 Å². The predicted molar refractivity (Wildman–Crippen MR) is 108 cm³/mol. The van der Waals surface area contributed by atoms with Crippen LogP contribution in [0.15, 0.2) is 83.7 Å². The van der Waals surface area contributed by atoms with E-state index < -0.39 is 0 Å². The molecule has 0 atom stereocenters. The number of para-hydroxylation sites is 2. The van der Waals surface area contributed by atoms with E-state index in [1.165, 1.54) is 0 Å². The van der Waals surface area contributed by atoms with Crippen molar-refractivity contribution in [2.24, 2.45) is 0 Å². The van der Waals surface area contributed by atoms with Crippen molar-refractivity contribution in [2.75, 3.05) is 0 Å². The molecule has 4 aromatic rings. The molecule has 0 saturated carbocycles. The van der Waals surface area contributed by atoms with Crippen LogP contribution in [0, 0.1) is 0 Å². The molecule has 0 spiro atoms. The molecule has 0 aliphatic heterocycles. The fraction of sp³-hybridized carbons (Fsp3) is 0. The van der Waals surface area contributed by atoms with Crippen molar-refractivity contribution < 1.29 is 0 Å². The maximum Gasteiger partial charge on any atom is 0.266 e. The lowest BCUT2D eigenvalue weighted by molar-refractivity contribution is 0.944. The first-order valence-corrected chi connectivity index (χ1v) is 8.62. The van der Waals surface area contributed by atoms with Gasteiger partial charge in [-0.2, -0.15) is 0 Å². The highest BCUT2D eigenvalue weighted by Crippen LogP contribution is 2.21. The summed E-state index contributed by atoms with van der Waals surface area (Å²) in [5.74, 6) is 0.533. The molecule has 0 N–H and O–H groups in total. The third-order valence-corrected chi connectivity index (χ3v) is 4.44. The standard InChI is InChI=1S/C22H15ClN2O/c23-18-11-5-7-13-20(18)25-21(15-14-16-8-2-1-3-9-16)24-19-12-6-4-10-17(19)22(25)26/h1-15H/b15-14+. The number of nitrogens with zero attached hydrogens (tertiary/aromatic N) is 2. The summed E-state index contributed by atoms with van der Waals surface area (Å²) in [5.41, 5.74) is 2.16. The molecule has 4 rings (SSSR count). The molecule has 4 heteroatoms. The first kappa shape index (κ1) is 16.3. The summed E-state index contributed by atoms with van der Waals surface area (Å²) < 4.78 is 1.56. The molecule has 1 aromatic heterocycles. The molecule has 0 fully saturated rings. The number of fused-ring (bicyclic) bond motifs is 1. The topological polar surface area (TPSA) is 34.9 Å². The van der Waals surface area contributed by atoms with Gasteiger partial charge in [0.1, 0.15) is 5.82 Å². The Morgan fingerprint density at radius 3 is 2.31 bits per heavy atom. The average Bonchev–Trinajstić information content (AvgIpc) is 2.68. The van der Waals surface area contributed by atoms with Crippen LogP contribution in [0.3, 0.4) is 0 Å². The van der Waals surface area contributed by atoms with E-state index in [9.17, 15) is 4.79 Å². The van der Waals surface area contributed by atoms with Gasteiger partial charge in [0.15, 0.2) is 0 Å². The minimum Gasteiger partial charge on any atom is -0.268 e. The molecular weight excluding hydrogens is 344 g/mol. The summed E-state index contributed by atoms with van der Waals surface area (Å²) in [7, 11) is 0. The van der Waals surface area contributed by atoms with Crippen molar-refractivity contribution in [3.8, 4) is 5.69 Å². The van der Waals surface area contributed by atoms with Crippen LogP contribution in [0.25, 0.3) is 28.7 Å². The Bertz CT molecular complexity index is 1160. The van der Waals surface area contributed by atoms with Gasteiger partial charge >= 0.3 is 0 Å². The lowest BCUT2D eigenvalue weighted by Crippen LogP contribution is -2.22. The second-order valence-corrected chi connectivity index (χ2v) is 6.23. The zero-order chi connectivity index (χ0) is 17.9. The molecule has 0 amide bonds. The predicted octanol–water partition coefficient (Wildman–Crippen LogP) is 5.21. The van der Waals surface area contributed by atoms with Gasteiger partial charge in [-0.25, -0.2) is 4.98 Å². The second kappa shape index (κ2) is 6.98. The molecule has 3 aromatic carbocycles. The number of halogens is 1. The first-order chi connectivity index (χ1) is 12.7. The molecule has 126 valence electrons. The molecule has 0 aliphatic rings. The quantitative estimate of drug-likeness (QED) is 0.504. The number of hydrogen-bond acceptors (Lipinski definition) is 2. The number of rotatable bonds is 3. The highest BCUT2D eigenvalue weighted by molar-refractivity contribution is 6.32. The Hall–Kier alpha value is -3.17. The molecule has 26 heavy (non-hydrogen) atoms. The van der Waals surface area contributed by atoms with Crippen molar-refractivity contribution in [3.05, 3.63) is 106 Å². The monoisotopic (exact) mass is 358 g/mol. The minimum absolute atomic E-state index is 0.142. The summed E-state index contributed by atoms with van der Waals surface area (Å²) in [4.78, 5) is 17.8. The van der Waals surface area contributed by atoms with E-state index >= 15 is 0 Å². The lowest BCUT2D eigenvalue weighted by atomic mass is 10.2. The summed E-state index contributed by atoms with van der Waals surface area (Å²) in [6.45, 7) is 0. The van der Waals surface area contributed by atoms with Gasteiger partial charge in [0.2, 0.25) is 0 Å². The largest absolute Gasteiger partial charge is 0.268 e. The van der Waals surface area contributed by atoms with Gasteiger partial charge in [-0.15, -0.1) is 0 Å². The van der Waals surface area contributed by atoms with Crippen LogP contribution < -0.4 is 5.56 Å². The van der Waals surface area contributed by atoms with Gasteiger partial charge < -0.3 is 0 Å². The summed E-state index contributed by atoms with van der Waals surface area (Å²) in [6.07, 6.45) is 3.77. The third-order valence-electron chi connectivity index (χ3n) is 4.12. The van der Waals surface area contributed by atoms with Crippen LogP contribution in [0.4, 0.5) is 0 Å². The Labute approximate surface area is 155 Å². The normalized spacial score (nSPS) is 11.3. The average molecular weight is 359 g/mol. The van der Waals surface area contributed by atoms with Gasteiger partial charge in [-0.05, 0) is 35.9 Å². The zero-order valence-electron chi connectivity index (χ0n) is 13.8. The Morgan fingerprint density at radius 1 is 0.808 bits per heavy atom. The van der Waals surface area contributed by atoms with Gasteiger partial charge in [-0.1, -0.05) is 72.3 Å². The Balaban J connectivity index is 1.99. The molecule has 3 nitrogen and oxygen atoms in total. The second-order valence-electron chi connectivity index (χ2n) is 5.82. The highest BCUT2D eigenvalue weighted by atomic mass is 35.5. The van der Waals surface area contributed by atoms with Crippen LogP contribution in [0.5, 0.6) is 0 Å². The first-order valence-electron chi connectivity index (χ1n) is 8.24. The van der Waals surface area contributed by atoms with Crippen molar-refractivity contribution in [3.63, 3.8) is 0 Å². The van der Waals surface area contributed by atoms with E-state index in [1.807, 2.05) is 78.9 Å². The SMILES string of the molecule is O=c1c2ccccc2nc(/C=C/c2ccccc2)n1-c1ccccc1Cl. The van der Waals surface area contributed by atoms with E-state index in [2.05, 4.69) is 4.98 Å². The van der Waals surface area contributed by atoms with Gasteiger partial charge in [0, 0.05) is 0 Å². The maximum atomic E-state index is 13.1. The van der Waals surface area contributed by atoms with Crippen LogP contribution in [-0.4, -0.2) is 9.55 Å². The third kappa shape index (κ3) is 3.05. The molecule has 0 saturated heterocycles. The molecule has 1 heterocycles. The van der Waals surface area contributed by atoms with Crippen molar-refractivity contribution >= 4 is 34.7 Å². The van der Waals surface area contributed by atoms with Gasteiger partial charge in [0.25, 0.3) is 5.56 Å². The fourth-order valence-corrected chi connectivity index (χ4v) is 3.08. The van der Waals surface area contributed by atoms with E-state index in [1.54, 1.807) is 16.7 Å². The zero-order valence-corrected chi connectivity index (χ0v) is 14.6. The number of benzene rings is 3. The van der Waals surface area contributed by atoms with Crippen LogP contribution >= 0.6 is 11.6 Å². The van der Waals surface area contributed by atoms with Crippen molar-refractivity contribution in [1.29, 1.82) is 0 Å². The van der Waals surface area contributed by atoms with Crippen molar-refractivity contribution in [1.82, 2.24) is 9.55 Å². The van der Waals surface area contributed by atoms with Gasteiger partial charge in [-0.3, -0.25) is 9.36 Å². The van der Waals surface area contributed by atoms with Crippen molar-refractivity contribution in [2.45, 2.75) is 0 Å². The van der Waals surface area contributed by atoms with E-state index in [-0.39, 0.29) is 5.56 Å². The fourth-order valence-electron chi connectivity index (χ4n) is 2.86. The van der Waals surface area contributed by atoms with Crippen LogP contribution in [0.2, 0.25) is 5.02 Å². The summed E-state index contributed by atoms with van der Waals surface area (Å²) in [6, 6.07) is 24.5. The smallest absolute Gasteiger partial charge is 0.266 e. The van der Waals surface area contributed by atoms with E-state index in [4.69, 9.17) is 11.6 Å². The molecule has 0 unspecified atom stereocenters. The molecular formula is C22H15ClN2O. The molecule has 0 radical (unpaired) electrons. The lowest BCUT2D eigenvalue weighted by Gasteiger charge is -2.12. The van der Waals surface area contributed by atoms with Crippen LogP contribution in [-0.2, 0) is 0 Å². The molecule has 0 aliphatic carbocycles. The maximum absolute atomic E-state index is 13.1. The number of hydrogen-bond donors (Lipinski definition) is 0. The highest BCUT2D eigenvalue weighted by Gasteiger charge is 2.12. The minimum atomic E-state index is -0.142. The summed E-state index contributed by atoms with van der Waals surface area (Å²) in [5, 5.41) is 1.06. The Morgan fingerprint density at radius 2 is 1.50 bits per heavy atom.